The zero-order chi connectivity index (χ0) is 9.68. The lowest BCUT2D eigenvalue weighted by Gasteiger charge is -2.09. The van der Waals surface area contributed by atoms with Crippen molar-refractivity contribution in [3.8, 4) is 0 Å². The van der Waals surface area contributed by atoms with Crippen molar-refractivity contribution in [2.75, 3.05) is 20.6 Å². The summed E-state index contributed by atoms with van der Waals surface area (Å²) in [5.41, 5.74) is 1.34. The van der Waals surface area contributed by atoms with Gasteiger partial charge in [0.1, 0.15) is 0 Å². The minimum absolute atomic E-state index is 1.11. The summed E-state index contributed by atoms with van der Waals surface area (Å²) in [4.78, 5) is 6.23. The molecule has 72 valence electrons. The van der Waals surface area contributed by atoms with E-state index in [0.29, 0.717) is 0 Å². The standard InChI is InChI=1S/C10H15BrN2/c1-13(2)7-3-4-9-5-6-12-8-10(9)11/h5-6,8H,3-4,7H2,1-2H3. The highest BCUT2D eigenvalue weighted by atomic mass is 79.9. The quantitative estimate of drug-likeness (QED) is 0.806. The van der Waals surface area contributed by atoms with Crippen LogP contribution in [0.2, 0.25) is 0 Å². The van der Waals surface area contributed by atoms with Crippen molar-refractivity contribution in [3.63, 3.8) is 0 Å². The molecule has 1 aromatic rings. The lowest BCUT2D eigenvalue weighted by atomic mass is 10.1. The van der Waals surface area contributed by atoms with Crippen molar-refractivity contribution in [2.45, 2.75) is 12.8 Å². The summed E-state index contributed by atoms with van der Waals surface area (Å²) >= 11 is 3.49. The number of pyridine rings is 1. The van der Waals surface area contributed by atoms with Crippen LogP contribution in [-0.2, 0) is 6.42 Å². The van der Waals surface area contributed by atoms with Crippen molar-refractivity contribution in [1.82, 2.24) is 9.88 Å². The topological polar surface area (TPSA) is 16.1 Å². The van der Waals surface area contributed by atoms with Crippen LogP contribution in [0.15, 0.2) is 22.9 Å². The van der Waals surface area contributed by atoms with E-state index in [-0.39, 0.29) is 0 Å². The molecule has 1 rings (SSSR count). The molecule has 0 aliphatic heterocycles. The highest BCUT2D eigenvalue weighted by Crippen LogP contribution is 2.15. The number of hydrogen-bond donors (Lipinski definition) is 0. The molecule has 0 aliphatic rings. The molecule has 13 heavy (non-hydrogen) atoms. The maximum atomic E-state index is 4.03. The van der Waals surface area contributed by atoms with Gasteiger partial charge in [0, 0.05) is 16.9 Å². The van der Waals surface area contributed by atoms with E-state index in [2.05, 4.69) is 46.0 Å². The smallest absolute Gasteiger partial charge is 0.0412 e. The van der Waals surface area contributed by atoms with Crippen molar-refractivity contribution in [2.24, 2.45) is 0 Å². The Balaban J connectivity index is 2.41. The lowest BCUT2D eigenvalue weighted by molar-refractivity contribution is 0.400. The molecule has 0 bridgehead atoms. The second-order valence-corrected chi connectivity index (χ2v) is 4.23. The second-order valence-electron chi connectivity index (χ2n) is 3.37. The first kappa shape index (κ1) is 10.7. The minimum atomic E-state index is 1.11. The summed E-state index contributed by atoms with van der Waals surface area (Å²) in [6, 6.07) is 2.07. The second kappa shape index (κ2) is 5.35. The van der Waals surface area contributed by atoms with E-state index >= 15 is 0 Å². The normalized spacial score (nSPS) is 10.8. The summed E-state index contributed by atoms with van der Waals surface area (Å²) in [6.45, 7) is 1.13. The van der Waals surface area contributed by atoms with Crippen molar-refractivity contribution in [3.05, 3.63) is 28.5 Å². The van der Waals surface area contributed by atoms with Gasteiger partial charge in [-0.2, -0.15) is 0 Å². The van der Waals surface area contributed by atoms with Gasteiger partial charge >= 0.3 is 0 Å². The molecule has 1 heterocycles. The Morgan fingerprint density at radius 1 is 1.46 bits per heavy atom. The highest BCUT2D eigenvalue weighted by molar-refractivity contribution is 9.10. The molecule has 0 aliphatic carbocycles. The van der Waals surface area contributed by atoms with E-state index in [0.717, 1.165) is 17.4 Å². The van der Waals surface area contributed by atoms with Crippen LogP contribution in [0.5, 0.6) is 0 Å². The van der Waals surface area contributed by atoms with Gasteiger partial charge in [-0.1, -0.05) is 0 Å². The van der Waals surface area contributed by atoms with Crippen LogP contribution in [0.1, 0.15) is 12.0 Å². The summed E-state index contributed by atoms with van der Waals surface area (Å²) in [5.74, 6) is 0. The van der Waals surface area contributed by atoms with E-state index < -0.39 is 0 Å². The Morgan fingerprint density at radius 2 is 2.23 bits per heavy atom. The van der Waals surface area contributed by atoms with Gasteiger partial charge in [0.15, 0.2) is 0 Å². The maximum Gasteiger partial charge on any atom is 0.0412 e. The number of hydrogen-bond acceptors (Lipinski definition) is 2. The van der Waals surface area contributed by atoms with Gasteiger partial charge in [0.05, 0.1) is 0 Å². The highest BCUT2D eigenvalue weighted by Gasteiger charge is 1.98. The Morgan fingerprint density at radius 3 is 2.85 bits per heavy atom. The van der Waals surface area contributed by atoms with Crippen LogP contribution in [0.4, 0.5) is 0 Å². The third-order valence-electron chi connectivity index (χ3n) is 1.91. The number of aryl methyl sites for hydroxylation is 1. The molecule has 0 fully saturated rings. The first-order valence-electron chi connectivity index (χ1n) is 4.43. The summed E-state index contributed by atoms with van der Waals surface area (Å²) in [6.07, 6.45) is 6.00. The molecular weight excluding hydrogens is 228 g/mol. The molecule has 0 aromatic carbocycles. The largest absolute Gasteiger partial charge is 0.309 e. The number of nitrogens with zero attached hydrogens (tertiary/aromatic N) is 2. The average molecular weight is 243 g/mol. The van der Waals surface area contributed by atoms with E-state index in [1.807, 2.05) is 12.4 Å². The molecule has 0 amide bonds. The van der Waals surface area contributed by atoms with Gasteiger partial charge in [-0.25, -0.2) is 0 Å². The van der Waals surface area contributed by atoms with E-state index in [1.54, 1.807) is 0 Å². The molecule has 3 heteroatoms. The SMILES string of the molecule is CN(C)CCCc1ccncc1Br. The monoisotopic (exact) mass is 242 g/mol. The van der Waals surface area contributed by atoms with Crippen LogP contribution in [0, 0.1) is 0 Å². The van der Waals surface area contributed by atoms with Gasteiger partial charge < -0.3 is 4.90 Å². The first-order valence-corrected chi connectivity index (χ1v) is 5.22. The van der Waals surface area contributed by atoms with Gasteiger partial charge in [-0.3, -0.25) is 4.98 Å². The molecule has 0 unspecified atom stereocenters. The van der Waals surface area contributed by atoms with Crippen molar-refractivity contribution in [1.29, 1.82) is 0 Å². The third kappa shape index (κ3) is 3.87. The molecule has 0 spiro atoms. The fourth-order valence-electron chi connectivity index (χ4n) is 1.19. The third-order valence-corrected chi connectivity index (χ3v) is 2.62. The maximum absolute atomic E-state index is 4.03. The lowest BCUT2D eigenvalue weighted by Crippen LogP contribution is -2.13. The zero-order valence-corrected chi connectivity index (χ0v) is 9.71. The summed E-state index contributed by atoms with van der Waals surface area (Å²) < 4.78 is 1.12. The molecule has 0 saturated carbocycles. The van der Waals surface area contributed by atoms with Crippen molar-refractivity contribution >= 4 is 15.9 Å². The Kier molecular flexibility index (Phi) is 4.39. The molecule has 0 saturated heterocycles. The van der Waals surface area contributed by atoms with E-state index in [1.165, 1.54) is 12.0 Å². The van der Waals surface area contributed by atoms with Crippen LogP contribution in [0.3, 0.4) is 0 Å². The molecule has 0 radical (unpaired) electrons. The number of aromatic nitrogens is 1. The van der Waals surface area contributed by atoms with Crippen molar-refractivity contribution < 1.29 is 0 Å². The predicted molar refractivity (Wildman–Crippen MR) is 58.8 cm³/mol. The van der Waals surface area contributed by atoms with E-state index in [4.69, 9.17) is 0 Å². The molecule has 0 atom stereocenters. The van der Waals surface area contributed by atoms with Crippen LogP contribution in [-0.4, -0.2) is 30.5 Å². The Bertz CT molecular complexity index is 261. The van der Waals surface area contributed by atoms with Gasteiger partial charge in [0.25, 0.3) is 0 Å². The van der Waals surface area contributed by atoms with E-state index in [9.17, 15) is 0 Å². The molecular formula is C10H15BrN2. The molecule has 0 N–H and O–H groups in total. The van der Waals surface area contributed by atoms with Gasteiger partial charge in [-0.15, -0.1) is 0 Å². The van der Waals surface area contributed by atoms with Gasteiger partial charge in [0.2, 0.25) is 0 Å². The zero-order valence-electron chi connectivity index (χ0n) is 8.13. The Hall–Kier alpha value is -0.410. The fourth-order valence-corrected chi connectivity index (χ4v) is 1.64. The molecule has 2 nitrogen and oxygen atoms in total. The fraction of sp³-hybridized carbons (Fsp3) is 0.500. The van der Waals surface area contributed by atoms with Gasteiger partial charge in [-0.05, 0) is 61.0 Å². The first-order chi connectivity index (χ1) is 6.20. The van der Waals surface area contributed by atoms with Crippen LogP contribution >= 0.6 is 15.9 Å². The number of rotatable bonds is 4. The average Bonchev–Trinajstić information content (AvgIpc) is 2.08. The Labute approximate surface area is 88.1 Å². The predicted octanol–water partition coefficient (Wildman–Crippen LogP) is 2.34. The molecule has 1 aromatic heterocycles. The van der Waals surface area contributed by atoms with Crippen LogP contribution < -0.4 is 0 Å². The minimum Gasteiger partial charge on any atom is -0.309 e. The summed E-state index contributed by atoms with van der Waals surface area (Å²) in [7, 11) is 4.20. The summed E-state index contributed by atoms with van der Waals surface area (Å²) in [5, 5.41) is 0. The van der Waals surface area contributed by atoms with Crippen LogP contribution in [0.25, 0.3) is 0 Å². The number of halogens is 1.